The highest BCUT2D eigenvalue weighted by molar-refractivity contribution is 5.94. The van der Waals surface area contributed by atoms with Gasteiger partial charge in [-0.15, -0.1) is 0 Å². The summed E-state index contributed by atoms with van der Waals surface area (Å²) < 4.78 is 0. The largest absolute Gasteiger partial charge is 0.478 e. The molecule has 2 heterocycles. The van der Waals surface area contributed by atoms with Crippen LogP contribution in [-0.4, -0.2) is 67.1 Å². The number of piperidine rings is 1. The lowest BCUT2D eigenvalue weighted by Gasteiger charge is -2.32. The van der Waals surface area contributed by atoms with Gasteiger partial charge in [0.2, 0.25) is 0 Å². The highest BCUT2D eigenvalue weighted by atomic mass is 16.4. The molecule has 1 aromatic rings. The smallest absolute Gasteiger partial charge is 0.336 e. The van der Waals surface area contributed by atoms with Crippen molar-refractivity contribution in [2.75, 3.05) is 40.3 Å². The number of allylic oxidation sites excluding steroid dienone is 2. The van der Waals surface area contributed by atoms with E-state index < -0.39 is 5.97 Å². The van der Waals surface area contributed by atoms with Crippen molar-refractivity contribution in [3.8, 4) is 0 Å². The van der Waals surface area contributed by atoms with E-state index in [0.717, 1.165) is 54.9 Å². The summed E-state index contributed by atoms with van der Waals surface area (Å²) in [5, 5.41) is 12.7. The van der Waals surface area contributed by atoms with Crippen LogP contribution in [0.4, 0.5) is 0 Å². The number of carboxylic acid groups (broad SMARTS) is 1. The van der Waals surface area contributed by atoms with Crippen molar-refractivity contribution in [3.05, 3.63) is 70.0 Å². The fraction of sp³-hybridized carbons (Fsp3) is 0.440. The van der Waals surface area contributed by atoms with Crippen LogP contribution < -0.4 is 5.32 Å². The summed E-state index contributed by atoms with van der Waals surface area (Å²) in [6.07, 6.45) is 5.90. The molecule has 1 saturated heterocycles. The maximum atomic E-state index is 12.1. The summed E-state index contributed by atoms with van der Waals surface area (Å²) in [5.74, 6) is -0.333. The molecule has 3 rings (SSSR count). The van der Waals surface area contributed by atoms with E-state index in [2.05, 4.69) is 29.3 Å². The number of hydrogen-bond acceptors (Lipinski definition) is 4. The topological polar surface area (TPSA) is 72.9 Å². The van der Waals surface area contributed by atoms with Gasteiger partial charge in [-0.2, -0.15) is 0 Å². The van der Waals surface area contributed by atoms with Crippen LogP contribution >= 0.6 is 0 Å². The Bertz CT molecular complexity index is 918. The predicted molar refractivity (Wildman–Crippen MR) is 123 cm³/mol. The van der Waals surface area contributed by atoms with Gasteiger partial charge in [0.05, 0.1) is 5.57 Å². The summed E-state index contributed by atoms with van der Waals surface area (Å²) in [6, 6.07) is 8.04. The van der Waals surface area contributed by atoms with Gasteiger partial charge in [0.15, 0.2) is 0 Å². The minimum absolute atomic E-state index is 0.0306. The lowest BCUT2D eigenvalue weighted by atomic mass is 9.88. The van der Waals surface area contributed by atoms with Crippen molar-refractivity contribution < 1.29 is 14.7 Å². The minimum Gasteiger partial charge on any atom is -0.478 e. The fourth-order valence-electron chi connectivity index (χ4n) is 4.33. The van der Waals surface area contributed by atoms with Crippen molar-refractivity contribution in [1.82, 2.24) is 15.1 Å². The lowest BCUT2D eigenvalue weighted by Crippen LogP contribution is -2.34. The molecule has 0 aromatic heterocycles. The molecule has 31 heavy (non-hydrogen) atoms. The van der Waals surface area contributed by atoms with E-state index in [4.69, 9.17) is 0 Å². The molecule has 166 valence electrons. The molecule has 0 radical (unpaired) electrons. The Morgan fingerprint density at radius 1 is 1.19 bits per heavy atom. The number of dihydropyridines is 1. The minimum atomic E-state index is -0.876. The number of amides is 1. The van der Waals surface area contributed by atoms with Crippen LogP contribution in [-0.2, 0) is 4.79 Å². The van der Waals surface area contributed by atoms with Crippen molar-refractivity contribution in [3.63, 3.8) is 0 Å². The number of benzene rings is 1. The Labute approximate surface area is 184 Å². The second-order valence-corrected chi connectivity index (χ2v) is 8.71. The van der Waals surface area contributed by atoms with Crippen molar-refractivity contribution in [2.24, 2.45) is 0 Å². The second-order valence-electron chi connectivity index (χ2n) is 8.71. The quantitative estimate of drug-likeness (QED) is 0.734. The molecule has 2 N–H and O–H groups in total. The summed E-state index contributed by atoms with van der Waals surface area (Å²) >= 11 is 0. The number of hydrogen-bond donors (Lipinski definition) is 2. The molecule has 0 aliphatic carbocycles. The van der Waals surface area contributed by atoms with E-state index in [1.54, 1.807) is 25.1 Å². The first kappa shape index (κ1) is 22.8. The number of carbonyl (C=O) groups is 2. The Morgan fingerprint density at radius 2 is 1.84 bits per heavy atom. The monoisotopic (exact) mass is 423 g/mol. The van der Waals surface area contributed by atoms with Gasteiger partial charge >= 0.3 is 5.97 Å². The maximum absolute atomic E-state index is 12.1. The van der Waals surface area contributed by atoms with Crippen LogP contribution in [0.2, 0.25) is 0 Å². The SMILES string of the molecule is CC1=C(/C=C(\C)CN2CCC(c3ccc(C(=O)N(C)C)cc3)CC2)C(C(=O)O)=CCN1. The third-order valence-electron chi connectivity index (χ3n) is 6.08. The molecule has 6 nitrogen and oxygen atoms in total. The first-order chi connectivity index (χ1) is 14.8. The summed E-state index contributed by atoms with van der Waals surface area (Å²) in [4.78, 5) is 27.7. The van der Waals surface area contributed by atoms with Gasteiger partial charge in [0.1, 0.15) is 0 Å². The van der Waals surface area contributed by atoms with Gasteiger partial charge in [-0.1, -0.05) is 29.9 Å². The molecule has 6 heteroatoms. The zero-order valence-electron chi connectivity index (χ0n) is 18.9. The highest BCUT2D eigenvalue weighted by Crippen LogP contribution is 2.29. The van der Waals surface area contributed by atoms with Gasteiger partial charge in [0.25, 0.3) is 5.91 Å². The molecule has 0 saturated carbocycles. The average molecular weight is 424 g/mol. The van der Waals surface area contributed by atoms with Crippen molar-refractivity contribution >= 4 is 11.9 Å². The molecular weight excluding hydrogens is 390 g/mol. The standard InChI is InChI=1S/C25H33N3O3/c1-17(15-23-18(2)26-12-9-22(23)25(30)31)16-28-13-10-20(11-14-28)19-5-7-21(8-6-19)24(29)27(3)4/h5-9,15,20,26H,10-14,16H2,1-4H3,(H,30,31)/b17-15+. The van der Waals surface area contributed by atoms with Crippen LogP contribution in [0.15, 0.2) is 58.8 Å². The van der Waals surface area contributed by atoms with E-state index in [1.807, 2.05) is 25.1 Å². The van der Waals surface area contributed by atoms with E-state index in [-0.39, 0.29) is 5.91 Å². The maximum Gasteiger partial charge on any atom is 0.336 e. The third kappa shape index (κ3) is 5.64. The number of rotatable bonds is 6. The molecule has 2 aliphatic heterocycles. The third-order valence-corrected chi connectivity index (χ3v) is 6.08. The summed E-state index contributed by atoms with van der Waals surface area (Å²) in [6.45, 7) is 7.41. The molecule has 1 aromatic carbocycles. The summed E-state index contributed by atoms with van der Waals surface area (Å²) in [5.41, 5.74) is 5.25. The number of carboxylic acids is 1. The van der Waals surface area contributed by atoms with Crippen LogP contribution in [0, 0.1) is 0 Å². The Morgan fingerprint density at radius 3 is 2.42 bits per heavy atom. The fourth-order valence-corrected chi connectivity index (χ4v) is 4.33. The average Bonchev–Trinajstić information content (AvgIpc) is 2.75. The zero-order chi connectivity index (χ0) is 22.5. The van der Waals surface area contributed by atoms with Crippen LogP contribution in [0.5, 0.6) is 0 Å². The molecule has 1 amide bonds. The molecular formula is C25H33N3O3. The number of likely N-dealkylation sites (tertiary alicyclic amines) is 1. The Balaban J connectivity index is 1.57. The van der Waals surface area contributed by atoms with Crippen LogP contribution in [0.1, 0.15) is 48.5 Å². The van der Waals surface area contributed by atoms with E-state index >= 15 is 0 Å². The number of aliphatic carboxylic acids is 1. The first-order valence-electron chi connectivity index (χ1n) is 10.9. The molecule has 0 spiro atoms. The van der Waals surface area contributed by atoms with E-state index in [1.165, 1.54) is 5.56 Å². The normalized spacial score (nSPS) is 18.5. The number of carbonyl (C=O) groups excluding carboxylic acids is 1. The summed E-state index contributed by atoms with van der Waals surface area (Å²) in [7, 11) is 3.54. The second kappa shape index (κ2) is 9.96. The van der Waals surface area contributed by atoms with Gasteiger partial charge in [0, 0.05) is 44.0 Å². The highest BCUT2D eigenvalue weighted by Gasteiger charge is 2.22. The van der Waals surface area contributed by atoms with Gasteiger partial charge in [-0.3, -0.25) is 9.69 Å². The molecule has 1 fully saturated rings. The molecule has 2 aliphatic rings. The molecule has 0 atom stereocenters. The van der Waals surface area contributed by atoms with E-state index in [9.17, 15) is 14.7 Å². The lowest BCUT2D eigenvalue weighted by molar-refractivity contribution is -0.132. The van der Waals surface area contributed by atoms with Gasteiger partial charge < -0.3 is 15.3 Å². The van der Waals surface area contributed by atoms with E-state index in [0.29, 0.717) is 18.0 Å². The number of nitrogens with zero attached hydrogens (tertiary/aromatic N) is 2. The van der Waals surface area contributed by atoms with Crippen molar-refractivity contribution in [2.45, 2.75) is 32.6 Å². The first-order valence-corrected chi connectivity index (χ1v) is 10.9. The van der Waals surface area contributed by atoms with Gasteiger partial charge in [-0.05, 0) is 63.4 Å². The van der Waals surface area contributed by atoms with Crippen LogP contribution in [0.3, 0.4) is 0 Å². The zero-order valence-corrected chi connectivity index (χ0v) is 18.9. The Kier molecular flexibility index (Phi) is 7.33. The number of nitrogens with one attached hydrogen (secondary N) is 1. The van der Waals surface area contributed by atoms with Gasteiger partial charge in [-0.25, -0.2) is 4.79 Å². The predicted octanol–water partition coefficient (Wildman–Crippen LogP) is 3.40. The molecule has 0 bridgehead atoms. The van der Waals surface area contributed by atoms with Crippen LogP contribution in [0.25, 0.3) is 0 Å². The Hall–Kier alpha value is -2.86. The molecule has 0 unspecified atom stereocenters. The van der Waals surface area contributed by atoms with Crippen molar-refractivity contribution in [1.29, 1.82) is 0 Å².